The molecule has 0 spiro atoms. The van der Waals surface area contributed by atoms with Crippen molar-refractivity contribution in [2.24, 2.45) is 0 Å². The van der Waals surface area contributed by atoms with E-state index >= 15 is 0 Å². The Morgan fingerprint density at radius 1 is 1.25 bits per heavy atom. The Labute approximate surface area is 141 Å². The van der Waals surface area contributed by atoms with Crippen LogP contribution in [0.3, 0.4) is 0 Å². The number of pyridine rings is 1. The van der Waals surface area contributed by atoms with E-state index < -0.39 is 0 Å². The van der Waals surface area contributed by atoms with E-state index in [1.807, 2.05) is 24.8 Å². The highest BCUT2D eigenvalue weighted by Gasteiger charge is 2.44. The number of fused-ring (bicyclic) bond motifs is 1. The largest absolute Gasteiger partial charge is 0.361 e. The fraction of sp³-hybridized carbons (Fsp3) is 0.500. The lowest BCUT2D eigenvalue weighted by molar-refractivity contribution is 0.0721. The first-order valence-corrected chi connectivity index (χ1v) is 8.53. The molecule has 0 aromatic carbocycles. The molecule has 4 heterocycles. The van der Waals surface area contributed by atoms with Gasteiger partial charge in [-0.25, -0.2) is 0 Å². The smallest absolute Gasteiger partial charge is 0.276 e. The lowest BCUT2D eigenvalue weighted by atomic mass is 10.1. The van der Waals surface area contributed by atoms with E-state index in [0.717, 1.165) is 43.9 Å². The van der Waals surface area contributed by atoms with E-state index in [1.54, 1.807) is 6.07 Å². The van der Waals surface area contributed by atoms with Crippen LogP contribution in [0.4, 0.5) is 0 Å². The highest BCUT2D eigenvalue weighted by Crippen LogP contribution is 2.33. The highest BCUT2D eigenvalue weighted by molar-refractivity contribution is 5.92. The molecule has 2 aliphatic heterocycles. The first-order valence-electron chi connectivity index (χ1n) is 8.53. The molecule has 1 amide bonds. The summed E-state index contributed by atoms with van der Waals surface area (Å²) in [7, 11) is 0. The van der Waals surface area contributed by atoms with E-state index in [2.05, 4.69) is 27.2 Å². The first kappa shape index (κ1) is 15.3. The maximum Gasteiger partial charge on any atom is 0.276 e. The van der Waals surface area contributed by atoms with Crippen molar-refractivity contribution in [2.45, 2.75) is 45.3 Å². The summed E-state index contributed by atoms with van der Waals surface area (Å²) < 4.78 is 5.05. The lowest BCUT2D eigenvalue weighted by Crippen LogP contribution is -2.39. The lowest BCUT2D eigenvalue weighted by Gasteiger charge is -2.25. The van der Waals surface area contributed by atoms with Gasteiger partial charge in [-0.15, -0.1) is 0 Å². The predicted octanol–water partition coefficient (Wildman–Crippen LogP) is 2.18. The fourth-order valence-electron chi connectivity index (χ4n) is 4.03. The number of rotatable bonds is 3. The summed E-state index contributed by atoms with van der Waals surface area (Å²) in [6.07, 6.45) is 2.03. The molecule has 6 nitrogen and oxygen atoms in total. The summed E-state index contributed by atoms with van der Waals surface area (Å²) in [5.41, 5.74) is 2.58. The second kappa shape index (κ2) is 6.02. The Balaban J connectivity index is 1.46. The summed E-state index contributed by atoms with van der Waals surface area (Å²) in [5, 5.41) is 3.88. The Bertz CT molecular complexity index is 757. The van der Waals surface area contributed by atoms with Crippen LogP contribution >= 0.6 is 0 Å². The third kappa shape index (κ3) is 2.71. The van der Waals surface area contributed by atoms with Crippen molar-refractivity contribution in [3.8, 4) is 0 Å². The van der Waals surface area contributed by atoms with Crippen molar-refractivity contribution < 1.29 is 9.32 Å². The Hall–Kier alpha value is -2.21. The van der Waals surface area contributed by atoms with E-state index in [1.165, 1.54) is 0 Å². The van der Waals surface area contributed by atoms with Crippen LogP contribution in [-0.4, -0.2) is 51.0 Å². The van der Waals surface area contributed by atoms with Crippen LogP contribution in [0, 0.1) is 13.8 Å². The van der Waals surface area contributed by atoms with Crippen molar-refractivity contribution in [1.82, 2.24) is 19.9 Å². The van der Waals surface area contributed by atoms with Gasteiger partial charge < -0.3 is 9.42 Å². The summed E-state index contributed by atoms with van der Waals surface area (Å²) >= 11 is 0. The third-order valence-corrected chi connectivity index (χ3v) is 5.11. The SMILES string of the molecule is Cc1cccc(CN2CC[C@@H]3[C@@H]2CCN3C(=O)c2cc(C)on2)n1. The van der Waals surface area contributed by atoms with Crippen LogP contribution < -0.4 is 0 Å². The van der Waals surface area contributed by atoms with Gasteiger partial charge in [-0.1, -0.05) is 11.2 Å². The molecule has 6 heteroatoms. The zero-order valence-electron chi connectivity index (χ0n) is 14.1. The molecule has 2 aromatic rings. The second-order valence-electron chi connectivity index (χ2n) is 6.77. The predicted molar refractivity (Wildman–Crippen MR) is 88.5 cm³/mol. The van der Waals surface area contributed by atoms with E-state index in [9.17, 15) is 4.79 Å². The summed E-state index contributed by atoms with van der Waals surface area (Å²) in [5.74, 6) is 0.669. The number of hydrogen-bond acceptors (Lipinski definition) is 5. The van der Waals surface area contributed by atoms with Gasteiger partial charge in [0, 0.05) is 43.5 Å². The number of hydrogen-bond donors (Lipinski definition) is 0. The van der Waals surface area contributed by atoms with Gasteiger partial charge in [0.25, 0.3) is 5.91 Å². The monoisotopic (exact) mass is 326 g/mol. The number of amides is 1. The van der Waals surface area contributed by atoms with Crippen molar-refractivity contribution in [3.63, 3.8) is 0 Å². The minimum absolute atomic E-state index is 0.00474. The van der Waals surface area contributed by atoms with E-state index in [0.29, 0.717) is 17.5 Å². The molecule has 24 heavy (non-hydrogen) atoms. The molecule has 0 aliphatic carbocycles. The molecule has 0 bridgehead atoms. The average Bonchev–Trinajstić information content (AvgIpc) is 3.24. The molecule has 0 saturated carbocycles. The van der Waals surface area contributed by atoms with Crippen LogP contribution in [0.15, 0.2) is 28.8 Å². The van der Waals surface area contributed by atoms with Crippen molar-refractivity contribution in [3.05, 3.63) is 47.1 Å². The van der Waals surface area contributed by atoms with Gasteiger partial charge >= 0.3 is 0 Å². The Kier molecular flexibility index (Phi) is 3.84. The molecular weight excluding hydrogens is 304 g/mol. The normalized spacial score (nSPS) is 23.7. The molecule has 4 rings (SSSR count). The molecule has 0 radical (unpaired) electrons. The van der Waals surface area contributed by atoms with Crippen LogP contribution in [0.1, 0.15) is 40.5 Å². The summed E-state index contributed by atoms with van der Waals surface area (Å²) in [4.78, 5) is 21.7. The van der Waals surface area contributed by atoms with Crippen molar-refractivity contribution >= 4 is 5.91 Å². The number of aromatic nitrogens is 2. The number of carbonyl (C=O) groups is 1. The number of likely N-dealkylation sites (tertiary alicyclic amines) is 2. The molecular formula is C18H22N4O2. The third-order valence-electron chi connectivity index (χ3n) is 5.11. The molecule has 0 N–H and O–H groups in total. The molecule has 126 valence electrons. The summed E-state index contributed by atoms with van der Waals surface area (Å²) in [6, 6.07) is 8.58. The summed E-state index contributed by atoms with van der Waals surface area (Å²) in [6.45, 7) is 6.48. The number of aryl methyl sites for hydroxylation is 2. The number of nitrogens with zero attached hydrogens (tertiary/aromatic N) is 4. The molecule has 2 fully saturated rings. The standard InChI is InChI=1S/C18H22N4O2/c1-12-4-3-5-14(19-12)11-21-8-6-17-16(21)7-9-22(17)18(23)15-10-13(2)24-20-15/h3-5,10,16-17H,6-9,11H2,1-2H3/t16-,17+/m0/s1. The average molecular weight is 326 g/mol. The van der Waals surface area contributed by atoms with E-state index in [4.69, 9.17) is 4.52 Å². The highest BCUT2D eigenvalue weighted by atomic mass is 16.5. The molecule has 2 aliphatic rings. The topological polar surface area (TPSA) is 62.5 Å². The van der Waals surface area contributed by atoms with Crippen molar-refractivity contribution in [2.75, 3.05) is 13.1 Å². The van der Waals surface area contributed by atoms with Crippen LogP contribution in [0.5, 0.6) is 0 Å². The minimum Gasteiger partial charge on any atom is -0.361 e. The van der Waals surface area contributed by atoms with Crippen molar-refractivity contribution in [1.29, 1.82) is 0 Å². The van der Waals surface area contributed by atoms with Gasteiger partial charge in [-0.05, 0) is 38.8 Å². The Morgan fingerprint density at radius 3 is 2.83 bits per heavy atom. The van der Waals surface area contributed by atoms with Crippen LogP contribution in [-0.2, 0) is 6.54 Å². The van der Waals surface area contributed by atoms with Gasteiger partial charge in [0.05, 0.1) is 5.69 Å². The zero-order valence-corrected chi connectivity index (χ0v) is 14.1. The van der Waals surface area contributed by atoms with Gasteiger partial charge in [-0.3, -0.25) is 14.7 Å². The van der Waals surface area contributed by atoms with Gasteiger partial charge in [-0.2, -0.15) is 0 Å². The molecule has 2 atom stereocenters. The van der Waals surface area contributed by atoms with E-state index in [-0.39, 0.29) is 11.9 Å². The van der Waals surface area contributed by atoms with Crippen LogP contribution in [0.25, 0.3) is 0 Å². The van der Waals surface area contributed by atoms with Crippen LogP contribution in [0.2, 0.25) is 0 Å². The maximum absolute atomic E-state index is 12.7. The van der Waals surface area contributed by atoms with Gasteiger partial charge in [0.2, 0.25) is 0 Å². The maximum atomic E-state index is 12.7. The van der Waals surface area contributed by atoms with Gasteiger partial charge in [0.1, 0.15) is 5.76 Å². The minimum atomic E-state index is -0.00474. The number of carbonyl (C=O) groups excluding carboxylic acids is 1. The molecule has 2 aromatic heterocycles. The zero-order chi connectivity index (χ0) is 16.7. The molecule has 0 unspecified atom stereocenters. The van der Waals surface area contributed by atoms with Gasteiger partial charge in [0.15, 0.2) is 5.69 Å². The Morgan fingerprint density at radius 2 is 2.08 bits per heavy atom. The first-order chi connectivity index (χ1) is 11.6. The fourth-order valence-corrected chi connectivity index (χ4v) is 4.03. The molecule has 2 saturated heterocycles. The quantitative estimate of drug-likeness (QED) is 0.865. The second-order valence-corrected chi connectivity index (χ2v) is 6.77.